The van der Waals surface area contributed by atoms with Crippen molar-refractivity contribution in [1.82, 2.24) is 10.6 Å². The van der Waals surface area contributed by atoms with Crippen molar-refractivity contribution in [3.05, 3.63) is 35.9 Å². The van der Waals surface area contributed by atoms with Gasteiger partial charge in [0.25, 0.3) is 0 Å². The van der Waals surface area contributed by atoms with Crippen molar-refractivity contribution in [1.29, 1.82) is 0 Å². The lowest BCUT2D eigenvalue weighted by Crippen LogP contribution is -2.48. The highest BCUT2D eigenvalue weighted by atomic mass is 32.1. The fraction of sp³-hybridized carbons (Fsp3) is 0.400. The molecule has 0 aromatic heterocycles. The molecule has 1 aromatic carbocycles. The average molecular weight is 308 g/mol. The van der Waals surface area contributed by atoms with E-state index in [-0.39, 0.29) is 11.8 Å². The van der Waals surface area contributed by atoms with Crippen LogP contribution in [0, 0.1) is 5.92 Å². The number of hydrogen-bond acceptors (Lipinski definition) is 3. The summed E-state index contributed by atoms with van der Waals surface area (Å²) in [7, 11) is 0. The van der Waals surface area contributed by atoms with E-state index in [4.69, 9.17) is 17.3 Å². The summed E-state index contributed by atoms with van der Waals surface area (Å²) in [4.78, 5) is 23.1. The van der Waals surface area contributed by atoms with Gasteiger partial charge in [-0.05, 0) is 12.3 Å². The average Bonchev–Trinajstić information content (AvgIpc) is 2.44. The Bertz CT molecular complexity index is 503. The molecule has 0 saturated carbocycles. The molecule has 0 saturated heterocycles. The van der Waals surface area contributed by atoms with Crippen molar-refractivity contribution in [2.45, 2.75) is 26.3 Å². The van der Waals surface area contributed by atoms with Crippen LogP contribution in [0.4, 0.5) is 0 Å². The number of nitrogens with one attached hydrogen (secondary N) is 2. The number of aliphatic carboxylic acids is 1. The Kier molecular flexibility index (Phi) is 6.81. The molecule has 6 heteroatoms. The van der Waals surface area contributed by atoms with Gasteiger partial charge in [0.2, 0.25) is 5.91 Å². The number of carboxylic acid groups (broad SMARTS) is 1. The normalized spacial score (nSPS) is 11.8. The lowest BCUT2D eigenvalue weighted by Gasteiger charge is -2.21. The molecule has 1 aromatic rings. The van der Waals surface area contributed by atoms with Gasteiger partial charge < -0.3 is 15.7 Å². The maximum Gasteiger partial charge on any atom is 0.322 e. The largest absolute Gasteiger partial charge is 0.480 e. The van der Waals surface area contributed by atoms with Crippen molar-refractivity contribution < 1.29 is 14.7 Å². The second-order valence-corrected chi connectivity index (χ2v) is 5.54. The standard InChI is InChI=1S/C15H20N2O3S/c1-10(2)8-12(14(20)16-9-13(18)19)17-15(21)11-6-4-3-5-7-11/h3-7,10,12H,8-9H2,1-2H3,(H,16,20)(H,17,21)(H,18,19). The molecule has 0 bridgehead atoms. The van der Waals surface area contributed by atoms with Crippen molar-refractivity contribution in [2.24, 2.45) is 5.92 Å². The zero-order valence-electron chi connectivity index (χ0n) is 12.1. The summed E-state index contributed by atoms with van der Waals surface area (Å²) in [6, 6.07) is 8.79. The second kappa shape index (κ2) is 8.36. The lowest BCUT2D eigenvalue weighted by atomic mass is 10.0. The predicted molar refractivity (Wildman–Crippen MR) is 85.2 cm³/mol. The molecule has 114 valence electrons. The highest BCUT2D eigenvalue weighted by molar-refractivity contribution is 7.80. The fourth-order valence-electron chi connectivity index (χ4n) is 1.82. The maximum absolute atomic E-state index is 12.1. The molecular weight excluding hydrogens is 288 g/mol. The van der Waals surface area contributed by atoms with Crippen LogP contribution < -0.4 is 10.6 Å². The first-order valence-electron chi connectivity index (χ1n) is 6.75. The molecule has 0 aliphatic carbocycles. The first-order chi connectivity index (χ1) is 9.90. The number of carboxylic acids is 1. The van der Waals surface area contributed by atoms with Crippen LogP contribution in [0.15, 0.2) is 30.3 Å². The quantitative estimate of drug-likeness (QED) is 0.666. The number of benzene rings is 1. The molecule has 0 spiro atoms. The fourth-order valence-corrected chi connectivity index (χ4v) is 2.10. The Balaban J connectivity index is 2.71. The minimum atomic E-state index is -1.07. The molecule has 3 N–H and O–H groups in total. The van der Waals surface area contributed by atoms with Crippen LogP contribution in [0.25, 0.3) is 0 Å². The van der Waals surface area contributed by atoms with Gasteiger partial charge in [0.15, 0.2) is 0 Å². The van der Waals surface area contributed by atoms with Crippen molar-refractivity contribution in [2.75, 3.05) is 6.54 Å². The zero-order chi connectivity index (χ0) is 15.8. The number of hydrogen-bond donors (Lipinski definition) is 3. The minimum absolute atomic E-state index is 0.275. The van der Waals surface area contributed by atoms with E-state index in [1.54, 1.807) is 0 Å². The van der Waals surface area contributed by atoms with E-state index >= 15 is 0 Å². The number of rotatable bonds is 7. The van der Waals surface area contributed by atoms with Gasteiger partial charge in [0.1, 0.15) is 17.6 Å². The lowest BCUT2D eigenvalue weighted by molar-refractivity contribution is -0.138. The van der Waals surface area contributed by atoms with E-state index in [0.29, 0.717) is 11.4 Å². The molecule has 1 unspecified atom stereocenters. The third kappa shape index (κ3) is 6.35. The molecule has 0 aliphatic rings. The third-order valence-electron chi connectivity index (χ3n) is 2.78. The monoisotopic (exact) mass is 308 g/mol. The summed E-state index contributed by atoms with van der Waals surface area (Å²) in [6.07, 6.45) is 0.568. The van der Waals surface area contributed by atoms with Crippen molar-refractivity contribution in [3.63, 3.8) is 0 Å². The highest BCUT2D eigenvalue weighted by Gasteiger charge is 2.21. The molecule has 0 heterocycles. The van der Waals surface area contributed by atoms with E-state index in [1.807, 2.05) is 44.2 Å². The molecular formula is C15H20N2O3S. The Hall–Kier alpha value is -1.95. The van der Waals surface area contributed by atoms with Crippen LogP contribution in [0.5, 0.6) is 0 Å². The van der Waals surface area contributed by atoms with Gasteiger partial charge >= 0.3 is 5.97 Å². The van der Waals surface area contributed by atoms with Crippen LogP contribution in [0.3, 0.4) is 0 Å². The van der Waals surface area contributed by atoms with Crippen LogP contribution in [0.2, 0.25) is 0 Å². The summed E-state index contributed by atoms with van der Waals surface area (Å²) in [5.41, 5.74) is 0.826. The van der Waals surface area contributed by atoms with Gasteiger partial charge in [0, 0.05) is 5.56 Å². The molecule has 5 nitrogen and oxygen atoms in total. The van der Waals surface area contributed by atoms with E-state index in [9.17, 15) is 9.59 Å². The first-order valence-corrected chi connectivity index (χ1v) is 7.16. The number of thiocarbonyl (C=S) groups is 1. The summed E-state index contributed by atoms with van der Waals surface area (Å²) < 4.78 is 0. The van der Waals surface area contributed by atoms with E-state index in [1.165, 1.54) is 0 Å². The molecule has 1 atom stereocenters. The molecule has 0 fully saturated rings. The molecule has 1 amide bonds. The Morgan fingerprint density at radius 2 is 1.86 bits per heavy atom. The van der Waals surface area contributed by atoms with E-state index < -0.39 is 18.6 Å². The molecule has 1 rings (SSSR count). The molecule has 21 heavy (non-hydrogen) atoms. The Morgan fingerprint density at radius 3 is 2.38 bits per heavy atom. The van der Waals surface area contributed by atoms with Gasteiger partial charge in [-0.15, -0.1) is 0 Å². The van der Waals surface area contributed by atoms with Crippen LogP contribution in [0.1, 0.15) is 25.8 Å². The summed E-state index contributed by atoms with van der Waals surface area (Å²) in [5.74, 6) is -1.15. The van der Waals surface area contributed by atoms with Crippen LogP contribution in [-0.2, 0) is 9.59 Å². The van der Waals surface area contributed by atoms with Crippen molar-refractivity contribution in [3.8, 4) is 0 Å². The third-order valence-corrected chi connectivity index (χ3v) is 3.13. The van der Waals surface area contributed by atoms with Gasteiger partial charge in [-0.3, -0.25) is 9.59 Å². The Morgan fingerprint density at radius 1 is 1.24 bits per heavy atom. The van der Waals surface area contributed by atoms with Gasteiger partial charge in [-0.2, -0.15) is 0 Å². The van der Waals surface area contributed by atoms with E-state index in [2.05, 4.69) is 10.6 Å². The van der Waals surface area contributed by atoms with Crippen LogP contribution in [-0.4, -0.2) is 34.6 Å². The maximum atomic E-state index is 12.1. The van der Waals surface area contributed by atoms with Crippen LogP contribution >= 0.6 is 12.2 Å². The zero-order valence-corrected chi connectivity index (χ0v) is 12.9. The number of amides is 1. The number of carbonyl (C=O) groups excluding carboxylic acids is 1. The Labute approximate surface area is 129 Å². The highest BCUT2D eigenvalue weighted by Crippen LogP contribution is 2.07. The van der Waals surface area contributed by atoms with Crippen molar-refractivity contribution >= 4 is 29.1 Å². The van der Waals surface area contributed by atoms with Gasteiger partial charge in [-0.1, -0.05) is 56.4 Å². The second-order valence-electron chi connectivity index (χ2n) is 5.13. The summed E-state index contributed by atoms with van der Waals surface area (Å²) in [6.45, 7) is 3.59. The molecule has 0 radical (unpaired) electrons. The number of carbonyl (C=O) groups is 2. The summed E-state index contributed by atoms with van der Waals surface area (Å²) in [5, 5.41) is 14.0. The predicted octanol–water partition coefficient (Wildman–Crippen LogP) is 1.57. The van der Waals surface area contributed by atoms with E-state index in [0.717, 1.165) is 5.56 Å². The van der Waals surface area contributed by atoms with Gasteiger partial charge in [0.05, 0.1) is 0 Å². The first kappa shape index (κ1) is 17.1. The summed E-state index contributed by atoms with van der Waals surface area (Å²) >= 11 is 5.30. The van der Waals surface area contributed by atoms with Gasteiger partial charge in [-0.25, -0.2) is 0 Å². The SMILES string of the molecule is CC(C)CC(NC(=S)c1ccccc1)C(=O)NCC(=O)O. The minimum Gasteiger partial charge on any atom is -0.480 e. The topological polar surface area (TPSA) is 78.4 Å². The molecule has 0 aliphatic heterocycles. The smallest absolute Gasteiger partial charge is 0.322 e.